The number of alkyl halides is 6. The lowest BCUT2D eigenvalue weighted by Gasteiger charge is -2.19. The lowest BCUT2D eigenvalue weighted by Crippen LogP contribution is -2.36. The Labute approximate surface area is 98.5 Å². The maximum absolute atomic E-state index is 12.4. The standard InChI is InChI=1S/C8H12ClF5OS/c9-4-2-6-16(15)5-1-3-7(10,11)8(12,13)14/h1-6H2. The van der Waals surface area contributed by atoms with Gasteiger partial charge in [-0.15, -0.1) is 11.6 Å². The molecule has 1 unspecified atom stereocenters. The topological polar surface area (TPSA) is 23.1 Å². The van der Waals surface area contributed by atoms with Gasteiger partial charge in [0.05, 0.1) is 0 Å². The Balaban J connectivity index is 3.81. The van der Waals surface area contributed by atoms with E-state index in [9.17, 15) is 26.5 Å². The predicted molar refractivity (Wildman–Crippen MR) is 53.4 cm³/mol. The largest absolute Gasteiger partial charge is 0.616 e. The molecule has 1 atom stereocenters. The van der Waals surface area contributed by atoms with Crippen molar-refractivity contribution in [2.24, 2.45) is 0 Å². The highest BCUT2D eigenvalue weighted by atomic mass is 35.5. The summed E-state index contributed by atoms with van der Waals surface area (Å²) in [5.41, 5.74) is 0. The van der Waals surface area contributed by atoms with Gasteiger partial charge in [-0.3, -0.25) is 0 Å². The van der Waals surface area contributed by atoms with Gasteiger partial charge in [-0.05, 0) is 6.42 Å². The SMILES string of the molecule is [O-][S+](CCCCl)CCCC(F)(F)C(F)(F)F. The van der Waals surface area contributed by atoms with Gasteiger partial charge >= 0.3 is 12.1 Å². The summed E-state index contributed by atoms with van der Waals surface area (Å²) in [5.74, 6) is -4.31. The summed E-state index contributed by atoms with van der Waals surface area (Å²) in [4.78, 5) is 0. The van der Waals surface area contributed by atoms with Crippen molar-refractivity contribution in [2.45, 2.75) is 31.4 Å². The van der Waals surface area contributed by atoms with E-state index in [2.05, 4.69) is 0 Å². The van der Waals surface area contributed by atoms with E-state index in [1.54, 1.807) is 0 Å². The molecule has 0 saturated carbocycles. The predicted octanol–water partition coefficient (Wildman–Crippen LogP) is 3.34. The van der Waals surface area contributed by atoms with Gasteiger partial charge in [0.25, 0.3) is 0 Å². The van der Waals surface area contributed by atoms with Gasteiger partial charge in [-0.25, -0.2) is 0 Å². The van der Waals surface area contributed by atoms with E-state index in [1.807, 2.05) is 0 Å². The molecule has 0 aliphatic heterocycles. The van der Waals surface area contributed by atoms with Crippen molar-refractivity contribution in [1.29, 1.82) is 0 Å². The summed E-state index contributed by atoms with van der Waals surface area (Å²) in [6, 6.07) is 0. The molecule has 0 amide bonds. The second-order valence-electron chi connectivity index (χ2n) is 3.20. The summed E-state index contributed by atoms with van der Waals surface area (Å²) in [6.45, 7) is 0. The Kier molecular flexibility index (Phi) is 6.96. The van der Waals surface area contributed by atoms with E-state index in [0.717, 1.165) is 0 Å². The van der Waals surface area contributed by atoms with Crippen LogP contribution in [0.2, 0.25) is 0 Å². The molecule has 0 aromatic heterocycles. The van der Waals surface area contributed by atoms with Crippen LogP contribution in [-0.4, -0.2) is 34.0 Å². The van der Waals surface area contributed by atoms with E-state index < -0.39 is 36.1 Å². The zero-order valence-corrected chi connectivity index (χ0v) is 9.90. The minimum Gasteiger partial charge on any atom is -0.616 e. The molecule has 8 heteroatoms. The first-order valence-corrected chi connectivity index (χ1v) is 6.58. The second kappa shape index (κ2) is 6.86. The smallest absolute Gasteiger partial charge is 0.453 e. The number of hydrogen-bond donors (Lipinski definition) is 0. The van der Waals surface area contributed by atoms with Gasteiger partial charge in [0.15, 0.2) is 0 Å². The van der Waals surface area contributed by atoms with Crippen molar-refractivity contribution in [3.63, 3.8) is 0 Å². The first-order valence-electron chi connectivity index (χ1n) is 4.56. The Morgan fingerprint density at radius 2 is 1.50 bits per heavy atom. The summed E-state index contributed by atoms with van der Waals surface area (Å²) in [7, 11) is 0. The zero-order chi connectivity index (χ0) is 12.8. The molecule has 0 radical (unpaired) electrons. The van der Waals surface area contributed by atoms with Crippen molar-refractivity contribution in [1.82, 2.24) is 0 Å². The molecule has 0 heterocycles. The molecule has 1 nitrogen and oxygen atoms in total. The normalized spacial score (nSPS) is 15.2. The van der Waals surface area contributed by atoms with Gasteiger partial charge < -0.3 is 4.55 Å². The van der Waals surface area contributed by atoms with E-state index in [4.69, 9.17) is 11.6 Å². The zero-order valence-electron chi connectivity index (χ0n) is 8.33. The van der Waals surface area contributed by atoms with E-state index in [0.29, 0.717) is 12.3 Å². The maximum Gasteiger partial charge on any atom is 0.453 e. The van der Waals surface area contributed by atoms with E-state index >= 15 is 0 Å². The molecule has 0 aliphatic rings. The summed E-state index contributed by atoms with van der Waals surface area (Å²) in [5, 5.41) is 0. The van der Waals surface area contributed by atoms with E-state index in [-0.39, 0.29) is 11.5 Å². The van der Waals surface area contributed by atoms with Gasteiger partial charge in [0.1, 0.15) is 11.5 Å². The third kappa shape index (κ3) is 6.10. The number of halogens is 6. The molecule has 0 fully saturated rings. The van der Waals surface area contributed by atoms with E-state index in [1.165, 1.54) is 0 Å². The van der Waals surface area contributed by atoms with Gasteiger partial charge in [0, 0.05) is 18.7 Å². The van der Waals surface area contributed by atoms with Gasteiger partial charge in [-0.2, -0.15) is 22.0 Å². The molecule has 98 valence electrons. The Hall–Kier alpha value is 0.250. The molecule has 0 N–H and O–H groups in total. The van der Waals surface area contributed by atoms with Crippen molar-refractivity contribution < 1.29 is 26.5 Å². The third-order valence-electron chi connectivity index (χ3n) is 1.78. The first-order chi connectivity index (χ1) is 7.20. The highest BCUT2D eigenvalue weighted by Crippen LogP contribution is 2.38. The first kappa shape index (κ1) is 16.2. The fourth-order valence-electron chi connectivity index (χ4n) is 0.915. The maximum atomic E-state index is 12.4. The minimum absolute atomic E-state index is 0.150. The van der Waals surface area contributed by atoms with Crippen LogP contribution in [0.15, 0.2) is 0 Å². The van der Waals surface area contributed by atoms with Crippen LogP contribution in [0.25, 0.3) is 0 Å². The Morgan fingerprint density at radius 3 is 1.94 bits per heavy atom. The summed E-state index contributed by atoms with van der Waals surface area (Å²) >= 11 is 3.94. The molecule has 0 aromatic rings. The van der Waals surface area contributed by atoms with Crippen LogP contribution in [0.3, 0.4) is 0 Å². The lowest BCUT2D eigenvalue weighted by molar-refractivity contribution is -0.284. The fraction of sp³-hybridized carbons (Fsp3) is 1.00. The average Bonchev–Trinajstić information content (AvgIpc) is 2.12. The van der Waals surface area contributed by atoms with Crippen LogP contribution in [0.1, 0.15) is 19.3 Å². The summed E-state index contributed by atoms with van der Waals surface area (Å²) < 4.78 is 71.0. The highest BCUT2D eigenvalue weighted by Gasteiger charge is 2.56. The Bertz CT molecular complexity index is 199. The van der Waals surface area contributed by atoms with Crippen molar-refractivity contribution in [3.8, 4) is 0 Å². The molecule has 16 heavy (non-hydrogen) atoms. The highest BCUT2D eigenvalue weighted by molar-refractivity contribution is 7.91. The molecular formula is C8H12ClF5OS. The second-order valence-corrected chi connectivity index (χ2v) is 5.27. The van der Waals surface area contributed by atoms with Crippen molar-refractivity contribution in [3.05, 3.63) is 0 Å². The summed E-state index contributed by atoms with van der Waals surface area (Å²) in [6.07, 6.45) is -6.79. The van der Waals surface area contributed by atoms with Crippen LogP contribution in [0.4, 0.5) is 22.0 Å². The van der Waals surface area contributed by atoms with Crippen LogP contribution in [-0.2, 0) is 11.2 Å². The molecule has 0 spiro atoms. The average molecular weight is 287 g/mol. The molecule has 0 aliphatic carbocycles. The van der Waals surface area contributed by atoms with Crippen LogP contribution in [0.5, 0.6) is 0 Å². The number of hydrogen-bond acceptors (Lipinski definition) is 1. The fourth-order valence-corrected chi connectivity index (χ4v) is 2.34. The molecule has 0 bridgehead atoms. The molecule has 0 rings (SSSR count). The lowest BCUT2D eigenvalue weighted by atomic mass is 10.2. The van der Waals surface area contributed by atoms with Crippen LogP contribution in [0, 0.1) is 0 Å². The van der Waals surface area contributed by atoms with Crippen molar-refractivity contribution >= 4 is 22.8 Å². The Morgan fingerprint density at radius 1 is 1.00 bits per heavy atom. The third-order valence-corrected chi connectivity index (χ3v) is 3.54. The molecule has 0 aromatic carbocycles. The van der Waals surface area contributed by atoms with Crippen molar-refractivity contribution in [2.75, 3.05) is 17.4 Å². The van der Waals surface area contributed by atoms with Crippen LogP contribution >= 0.6 is 11.6 Å². The van der Waals surface area contributed by atoms with Crippen LogP contribution < -0.4 is 0 Å². The monoisotopic (exact) mass is 286 g/mol. The minimum atomic E-state index is -5.52. The number of rotatable bonds is 7. The quantitative estimate of drug-likeness (QED) is 0.400. The van der Waals surface area contributed by atoms with Gasteiger partial charge in [0.2, 0.25) is 0 Å². The van der Waals surface area contributed by atoms with Gasteiger partial charge in [-0.1, -0.05) is 11.2 Å². The molecule has 0 saturated heterocycles. The molecular weight excluding hydrogens is 275 g/mol.